The summed E-state index contributed by atoms with van der Waals surface area (Å²) in [5.74, 6) is 0.746. The highest BCUT2D eigenvalue weighted by atomic mass is 79.9. The monoisotopic (exact) mass is 302 g/mol. The Morgan fingerprint density at radius 3 is 2.56 bits per heavy atom. The molecule has 0 aliphatic heterocycles. The van der Waals surface area contributed by atoms with Crippen molar-refractivity contribution in [1.82, 2.24) is 5.32 Å². The Morgan fingerprint density at radius 2 is 2.06 bits per heavy atom. The van der Waals surface area contributed by atoms with Crippen molar-refractivity contribution in [3.05, 3.63) is 20.8 Å². The third kappa shape index (κ3) is 2.86. The number of thiophene rings is 1. The summed E-state index contributed by atoms with van der Waals surface area (Å²) in [6.45, 7) is 0. The van der Waals surface area contributed by atoms with Gasteiger partial charge in [-0.2, -0.15) is 0 Å². The van der Waals surface area contributed by atoms with Gasteiger partial charge in [0.25, 0.3) is 0 Å². The zero-order valence-corrected chi connectivity index (χ0v) is 12.0. The van der Waals surface area contributed by atoms with E-state index in [4.69, 9.17) is 5.73 Å². The lowest BCUT2D eigenvalue weighted by Gasteiger charge is -2.32. The second kappa shape index (κ2) is 5.63. The molecule has 1 heterocycles. The number of halogens is 1. The average molecular weight is 303 g/mol. The lowest BCUT2D eigenvalue weighted by molar-refractivity contribution is 0.265. The molecular weight excluding hydrogens is 284 g/mol. The van der Waals surface area contributed by atoms with Crippen LogP contribution in [0.4, 0.5) is 0 Å². The molecule has 1 aromatic heterocycles. The SMILES string of the molecule is CNC(c1ccc(Br)s1)C1CCC(N)CC1. The van der Waals surface area contributed by atoms with Crippen molar-refractivity contribution < 1.29 is 0 Å². The summed E-state index contributed by atoms with van der Waals surface area (Å²) in [7, 11) is 2.06. The zero-order valence-electron chi connectivity index (χ0n) is 9.58. The maximum Gasteiger partial charge on any atom is 0.0701 e. The van der Waals surface area contributed by atoms with Gasteiger partial charge in [0.2, 0.25) is 0 Å². The lowest BCUT2D eigenvalue weighted by atomic mass is 9.81. The quantitative estimate of drug-likeness (QED) is 0.899. The minimum Gasteiger partial charge on any atom is -0.328 e. The highest BCUT2D eigenvalue weighted by Gasteiger charge is 2.27. The van der Waals surface area contributed by atoms with Crippen LogP contribution in [0.5, 0.6) is 0 Å². The molecule has 2 rings (SSSR count). The first-order valence-electron chi connectivity index (χ1n) is 5.88. The second-order valence-electron chi connectivity index (χ2n) is 4.58. The Labute approximate surface area is 110 Å². The molecule has 1 saturated carbocycles. The standard InChI is InChI=1S/C12H19BrN2S/c1-15-12(10-6-7-11(13)16-10)8-2-4-9(14)5-3-8/h6-9,12,15H,2-5,14H2,1H3. The molecule has 1 unspecified atom stereocenters. The molecule has 0 aromatic carbocycles. The van der Waals surface area contributed by atoms with Crippen LogP contribution >= 0.6 is 27.3 Å². The summed E-state index contributed by atoms with van der Waals surface area (Å²) in [6, 6.07) is 5.30. The van der Waals surface area contributed by atoms with Gasteiger partial charge in [0.1, 0.15) is 0 Å². The summed E-state index contributed by atoms with van der Waals surface area (Å²) in [5, 5.41) is 3.46. The van der Waals surface area contributed by atoms with Gasteiger partial charge >= 0.3 is 0 Å². The number of hydrogen-bond donors (Lipinski definition) is 2. The van der Waals surface area contributed by atoms with Gasteiger partial charge in [-0.05, 0) is 66.7 Å². The van der Waals surface area contributed by atoms with Crippen LogP contribution in [0.25, 0.3) is 0 Å². The van der Waals surface area contributed by atoms with Crippen molar-refractivity contribution in [2.24, 2.45) is 11.7 Å². The van der Waals surface area contributed by atoms with Crippen LogP contribution in [0.15, 0.2) is 15.9 Å². The summed E-state index contributed by atoms with van der Waals surface area (Å²) < 4.78 is 1.22. The number of hydrogen-bond acceptors (Lipinski definition) is 3. The maximum absolute atomic E-state index is 5.96. The molecule has 1 fully saturated rings. The van der Waals surface area contributed by atoms with Gasteiger partial charge in [0.15, 0.2) is 0 Å². The van der Waals surface area contributed by atoms with E-state index in [9.17, 15) is 0 Å². The third-order valence-corrected chi connectivity index (χ3v) is 5.21. The molecule has 0 amide bonds. The van der Waals surface area contributed by atoms with E-state index in [1.54, 1.807) is 0 Å². The molecule has 16 heavy (non-hydrogen) atoms. The largest absolute Gasteiger partial charge is 0.328 e. The van der Waals surface area contributed by atoms with Crippen LogP contribution in [0.3, 0.4) is 0 Å². The Morgan fingerprint density at radius 1 is 1.38 bits per heavy atom. The minimum atomic E-state index is 0.434. The van der Waals surface area contributed by atoms with Crippen LogP contribution in [0, 0.1) is 5.92 Å². The molecule has 1 atom stereocenters. The van der Waals surface area contributed by atoms with E-state index in [2.05, 4.69) is 40.4 Å². The number of nitrogens with one attached hydrogen (secondary N) is 1. The lowest BCUT2D eigenvalue weighted by Crippen LogP contribution is -2.32. The van der Waals surface area contributed by atoms with E-state index in [0.717, 1.165) is 5.92 Å². The zero-order chi connectivity index (χ0) is 11.5. The highest BCUT2D eigenvalue weighted by Crippen LogP contribution is 2.37. The summed E-state index contributed by atoms with van der Waals surface area (Å²) >= 11 is 5.37. The molecule has 1 aliphatic carbocycles. The molecule has 0 spiro atoms. The van der Waals surface area contributed by atoms with Crippen LogP contribution in [0.1, 0.15) is 36.6 Å². The van der Waals surface area contributed by atoms with E-state index >= 15 is 0 Å². The summed E-state index contributed by atoms with van der Waals surface area (Å²) in [4.78, 5) is 1.44. The van der Waals surface area contributed by atoms with E-state index in [0.29, 0.717) is 12.1 Å². The van der Waals surface area contributed by atoms with Crippen molar-refractivity contribution >= 4 is 27.3 Å². The highest BCUT2D eigenvalue weighted by molar-refractivity contribution is 9.11. The Hall–Kier alpha value is 0.1000. The number of nitrogens with two attached hydrogens (primary N) is 1. The molecule has 3 N–H and O–H groups in total. The summed E-state index contributed by atoms with van der Waals surface area (Å²) in [6.07, 6.45) is 4.86. The predicted octanol–water partition coefficient (Wildman–Crippen LogP) is 3.29. The van der Waals surface area contributed by atoms with Gasteiger partial charge in [0.05, 0.1) is 3.79 Å². The van der Waals surface area contributed by atoms with Gasteiger partial charge < -0.3 is 11.1 Å². The third-order valence-electron chi connectivity index (χ3n) is 3.50. The van der Waals surface area contributed by atoms with Crippen LogP contribution < -0.4 is 11.1 Å². The molecule has 2 nitrogen and oxygen atoms in total. The van der Waals surface area contributed by atoms with Gasteiger partial charge in [-0.25, -0.2) is 0 Å². The smallest absolute Gasteiger partial charge is 0.0701 e. The van der Waals surface area contributed by atoms with Gasteiger partial charge in [-0.15, -0.1) is 11.3 Å². The van der Waals surface area contributed by atoms with E-state index in [1.165, 1.54) is 34.3 Å². The maximum atomic E-state index is 5.96. The fraction of sp³-hybridized carbons (Fsp3) is 0.667. The van der Waals surface area contributed by atoms with E-state index in [1.807, 2.05) is 11.3 Å². The average Bonchev–Trinajstić information content (AvgIpc) is 2.69. The molecular formula is C12H19BrN2S. The van der Waals surface area contributed by atoms with Crippen molar-refractivity contribution in [2.45, 2.75) is 37.8 Å². The van der Waals surface area contributed by atoms with Gasteiger partial charge in [-0.1, -0.05) is 0 Å². The fourth-order valence-corrected chi connectivity index (χ4v) is 4.21. The predicted molar refractivity (Wildman–Crippen MR) is 73.8 cm³/mol. The van der Waals surface area contributed by atoms with Crippen molar-refractivity contribution in [3.63, 3.8) is 0 Å². The molecule has 0 saturated heterocycles. The first-order chi connectivity index (χ1) is 7.70. The Bertz CT molecular complexity index is 332. The van der Waals surface area contributed by atoms with E-state index in [-0.39, 0.29) is 0 Å². The molecule has 1 aromatic rings. The molecule has 0 radical (unpaired) electrons. The first-order valence-corrected chi connectivity index (χ1v) is 7.49. The normalized spacial score (nSPS) is 27.9. The Balaban J connectivity index is 2.05. The van der Waals surface area contributed by atoms with Crippen LogP contribution in [-0.4, -0.2) is 13.1 Å². The molecule has 0 bridgehead atoms. The Kier molecular flexibility index (Phi) is 4.41. The topological polar surface area (TPSA) is 38.0 Å². The number of rotatable bonds is 3. The van der Waals surface area contributed by atoms with E-state index < -0.39 is 0 Å². The van der Waals surface area contributed by atoms with Crippen LogP contribution in [0.2, 0.25) is 0 Å². The van der Waals surface area contributed by atoms with Crippen molar-refractivity contribution in [2.75, 3.05) is 7.05 Å². The van der Waals surface area contributed by atoms with Gasteiger partial charge in [0, 0.05) is 17.0 Å². The molecule has 4 heteroatoms. The summed E-state index contributed by atoms with van der Waals surface area (Å²) in [5.41, 5.74) is 5.96. The minimum absolute atomic E-state index is 0.434. The van der Waals surface area contributed by atoms with Crippen molar-refractivity contribution in [1.29, 1.82) is 0 Å². The molecule has 1 aliphatic rings. The molecule has 90 valence electrons. The first kappa shape index (κ1) is 12.6. The fourth-order valence-electron chi connectivity index (χ4n) is 2.58. The van der Waals surface area contributed by atoms with Gasteiger partial charge in [-0.3, -0.25) is 0 Å². The second-order valence-corrected chi connectivity index (χ2v) is 7.08. The van der Waals surface area contributed by atoms with Crippen LogP contribution in [-0.2, 0) is 0 Å². The van der Waals surface area contributed by atoms with Crippen molar-refractivity contribution in [3.8, 4) is 0 Å².